The molecule has 0 aliphatic rings. The van der Waals surface area contributed by atoms with Gasteiger partial charge in [-0.3, -0.25) is 4.72 Å². The molecule has 4 N–H and O–H groups in total. The maximum absolute atomic E-state index is 9.83. The van der Waals surface area contributed by atoms with Crippen molar-refractivity contribution >= 4 is 29.5 Å². The predicted molar refractivity (Wildman–Crippen MR) is 143 cm³/mol. The average Bonchev–Trinajstić information content (AvgIpc) is 2.85. The van der Waals surface area contributed by atoms with Crippen molar-refractivity contribution in [2.75, 3.05) is 17.9 Å². The van der Waals surface area contributed by atoms with Gasteiger partial charge in [0.05, 0.1) is 16.3 Å². The fourth-order valence-electron chi connectivity index (χ4n) is 3.33. The summed E-state index contributed by atoms with van der Waals surface area (Å²) in [6.07, 6.45) is 1.64. The second-order valence-corrected chi connectivity index (χ2v) is 10.9. The number of nitrogens with two attached hydrogens (primary N) is 1. The number of nitrogens with one attached hydrogen (secondary N) is 1. The lowest BCUT2D eigenvalue weighted by atomic mass is 9.77. The van der Waals surface area contributed by atoms with Crippen LogP contribution in [0.2, 0.25) is 5.02 Å². The SMILES string of the molecule is CC(C)(O)SNc1nccc(COc2ccc(C(C)(C)c3cc(Cl)c(OCCN)c(C#N)c3)cc2)n1. The Balaban J connectivity index is 1.71. The summed E-state index contributed by atoms with van der Waals surface area (Å²) >= 11 is 7.58. The molecular formula is C26H30ClN5O3S. The van der Waals surface area contributed by atoms with Gasteiger partial charge in [0.2, 0.25) is 5.95 Å². The minimum atomic E-state index is -0.951. The predicted octanol–water partition coefficient (Wildman–Crippen LogP) is 5.03. The third-order valence-corrected chi connectivity index (χ3v) is 6.38. The second kappa shape index (κ2) is 11.8. The molecule has 36 heavy (non-hydrogen) atoms. The van der Waals surface area contributed by atoms with Crippen LogP contribution in [0.5, 0.6) is 11.5 Å². The topological polar surface area (TPSA) is 126 Å². The number of hydrogen-bond acceptors (Lipinski definition) is 9. The lowest BCUT2D eigenvalue weighted by Crippen LogP contribution is -2.19. The summed E-state index contributed by atoms with van der Waals surface area (Å²) < 4.78 is 14.4. The lowest BCUT2D eigenvalue weighted by Gasteiger charge is -2.27. The van der Waals surface area contributed by atoms with E-state index in [0.29, 0.717) is 40.3 Å². The van der Waals surface area contributed by atoms with Crippen molar-refractivity contribution in [3.63, 3.8) is 0 Å². The molecule has 10 heteroatoms. The summed E-state index contributed by atoms with van der Waals surface area (Å²) in [5.74, 6) is 1.44. The molecule has 0 aliphatic heterocycles. The summed E-state index contributed by atoms with van der Waals surface area (Å²) in [5.41, 5.74) is 8.08. The molecule has 2 aromatic carbocycles. The Kier molecular flexibility index (Phi) is 9.03. The number of nitrogens with zero attached hydrogens (tertiary/aromatic N) is 3. The molecule has 3 rings (SSSR count). The molecule has 0 saturated carbocycles. The quantitative estimate of drug-likeness (QED) is 0.232. The summed E-state index contributed by atoms with van der Waals surface area (Å²) in [7, 11) is 0. The van der Waals surface area contributed by atoms with Gasteiger partial charge < -0.3 is 20.3 Å². The van der Waals surface area contributed by atoms with Gasteiger partial charge in [-0.05, 0) is 67.3 Å². The van der Waals surface area contributed by atoms with Gasteiger partial charge in [0.15, 0.2) is 5.75 Å². The number of halogens is 1. The van der Waals surface area contributed by atoms with Crippen molar-refractivity contribution in [3.8, 4) is 17.6 Å². The Bertz CT molecular complexity index is 1220. The van der Waals surface area contributed by atoms with Gasteiger partial charge in [-0.1, -0.05) is 37.6 Å². The zero-order chi connectivity index (χ0) is 26.3. The van der Waals surface area contributed by atoms with E-state index in [1.54, 1.807) is 32.2 Å². The number of aliphatic hydroxyl groups is 1. The highest BCUT2D eigenvalue weighted by atomic mass is 35.5. The van der Waals surface area contributed by atoms with Crippen LogP contribution in [0, 0.1) is 11.3 Å². The summed E-state index contributed by atoms with van der Waals surface area (Å²) in [4.78, 5) is 7.60. The first-order valence-electron chi connectivity index (χ1n) is 11.3. The highest BCUT2D eigenvalue weighted by Gasteiger charge is 2.26. The van der Waals surface area contributed by atoms with Crippen molar-refractivity contribution < 1.29 is 14.6 Å². The van der Waals surface area contributed by atoms with Crippen LogP contribution in [0.3, 0.4) is 0 Å². The van der Waals surface area contributed by atoms with Crippen molar-refractivity contribution in [1.82, 2.24) is 9.97 Å². The minimum absolute atomic E-state index is 0.262. The van der Waals surface area contributed by atoms with Crippen LogP contribution >= 0.6 is 23.5 Å². The van der Waals surface area contributed by atoms with Gasteiger partial charge >= 0.3 is 0 Å². The van der Waals surface area contributed by atoms with Crippen LogP contribution in [-0.4, -0.2) is 33.2 Å². The van der Waals surface area contributed by atoms with E-state index < -0.39 is 10.3 Å². The number of ether oxygens (including phenoxy) is 2. The molecule has 190 valence electrons. The van der Waals surface area contributed by atoms with Gasteiger partial charge in [-0.15, -0.1) is 0 Å². The normalized spacial score (nSPS) is 11.6. The largest absolute Gasteiger partial charge is 0.489 e. The van der Waals surface area contributed by atoms with Crippen molar-refractivity contribution in [3.05, 3.63) is 76.1 Å². The smallest absolute Gasteiger partial charge is 0.233 e. The Morgan fingerprint density at radius 1 is 1.11 bits per heavy atom. The molecule has 0 fully saturated rings. The van der Waals surface area contributed by atoms with E-state index in [1.165, 1.54) is 0 Å². The molecule has 0 spiro atoms. The second-order valence-electron chi connectivity index (χ2n) is 9.04. The van der Waals surface area contributed by atoms with Crippen LogP contribution < -0.4 is 19.9 Å². The van der Waals surface area contributed by atoms with Crippen LogP contribution in [0.15, 0.2) is 48.7 Å². The van der Waals surface area contributed by atoms with Gasteiger partial charge in [-0.2, -0.15) is 5.26 Å². The van der Waals surface area contributed by atoms with Gasteiger partial charge in [0.1, 0.15) is 30.0 Å². The van der Waals surface area contributed by atoms with E-state index in [2.05, 4.69) is 34.6 Å². The highest BCUT2D eigenvalue weighted by molar-refractivity contribution is 8.01. The van der Waals surface area contributed by atoms with Crippen LogP contribution in [0.1, 0.15) is 50.1 Å². The number of nitriles is 1. The maximum Gasteiger partial charge on any atom is 0.233 e. The van der Waals surface area contributed by atoms with E-state index in [0.717, 1.165) is 23.1 Å². The Hall–Kier alpha value is -3.03. The number of anilines is 1. The Labute approximate surface area is 220 Å². The summed E-state index contributed by atoms with van der Waals surface area (Å²) in [6, 6.07) is 15.3. The van der Waals surface area contributed by atoms with E-state index in [-0.39, 0.29) is 13.2 Å². The number of aromatic nitrogens is 2. The number of hydrogen-bond donors (Lipinski definition) is 3. The van der Waals surface area contributed by atoms with E-state index in [9.17, 15) is 10.4 Å². The third-order valence-electron chi connectivity index (χ3n) is 5.32. The zero-order valence-electron chi connectivity index (χ0n) is 20.7. The Morgan fingerprint density at radius 2 is 1.83 bits per heavy atom. The zero-order valence-corrected chi connectivity index (χ0v) is 22.3. The standard InChI is InChI=1S/C26H30ClN5O3S/c1-25(2,19-13-17(15-29)23(22(27)14-19)34-12-10-28)18-5-7-21(8-6-18)35-16-20-9-11-30-24(31-20)32-36-26(3,4)33/h5-9,11,13-14,33H,10,12,16,28H2,1-4H3,(H,30,31,32). The molecule has 0 atom stereocenters. The maximum atomic E-state index is 9.83. The van der Waals surface area contributed by atoms with Gasteiger partial charge in [0, 0.05) is 18.2 Å². The molecule has 8 nitrogen and oxygen atoms in total. The highest BCUT2D eigenvalue weighted by Crippen LogP contribution is 2.38. The van der Waals surface area contributed by atoms with E-state index in [4.69, 9.17) is 26.8 Å². The molecule has 0 aliphatic carbocycles. The molecule has 0 bridgehead atoms. The lowest BCUT2D eigenvalue weighted by molar-refractivity contribution is 0.179. The molecule has 0 saturated heterocycles. The first kappa shape index (κ1) is 27.6. The van der Waals surface area contributed by atoms with Crippen LogP contribution in [0.25, 0.3) is 0 Å². The first-order valence-corrected chi connectivity index (χ1v) is 12.5. The van der Waals surface area contributed by atoms with Crippen LogP contribution in [-0.2, 0) is 12.0 Å². The molecule has 0 radical (unpaired) electrons. The van der Waals surface area contributed by atoms with Gasteiger partial charge in [0.25, 0.3) is 0 Å². The molecule has 0 amide bonds. The summed E-state index contributed by atoms with van der Waals surface area (Å²) in [5, 5.41) is 19.8. The van der Waals surface area contributed by atoms with E-state index in [1.807, 2.05) is 30.3 Å². The van der Waals surface area contributed by atoms with Crippen molar-refractivity contribution in [2.24, 2.45) is 5.73 Å². The number of benzene rings is 2. The molecule has 1 aromatic heterocycles. The van der Waals surface area contributed by atoms with Crippen molar-refractivity contribution in [2.45, 2.75) is 44.6 Å². The summed E-state index contributed by atoms with van der Waals surface area (Å²) in [6.45, 7) is 8.36. The monoisotopic (exact) mass is 527 g/mol. The van der Waals surface area contributed by atoms with E-state index >= 15 is 0 Å². The Morgan fingerprint density at radius 3 is 2.47 bits per heavy atom. The number of rotatable bonds is 11. The minimum Gasteiger partial charge on any atom is -0.489 e. The van der Waals surface area contributed by atoms with Crippen LogP contribution in [0.4, 0.5) is 5.95 Å². The fourth-order valence-corrected chi connectivity index (χ4v) is 4.05. The van der Waals surface area contributed by atoms with Gasteiger partial charge in [-0.25, -0.2) is 9.97 Å². The fraction of sp³-hybridized carbons (Fsp3) is 0.346. The third kappa shape index (κ3) is 7.24. The molecule has 3 aromatic rings. The average molecular weight is 528 g/mol. The molecule has 0 unspecified atom stereocenters. The first-order chi connectivity index (χ1) is 17.0. The molecular weight excluding hydrogens is 498 g/mol. The van der Waals surface area contributed by atoms with Crippen molar-refractivity contribution in [1.29, 1.82) is 5.26 Å². The molecule has 1 heterocycles.